The Morgan fingerprint density at radius 3 is 2.86 bits per heavy atom. The molecule has 0 N–H and O–H groups in total. The summed E-state index contributed by atoms with van der Waals surface area (Å²) in [6, 6.07) is 0. The van der Waals surface area contributed by atoms with Crippen LogP contribution in [0.25, 0.3) is 0 Å². The molecule has 0 radical (unpaired) electrons. The fourth-order valence-electron chi connectivity index (χ4n) is 1.04. The second kappa shape index (κ2) is 5.78. The van der Waals surface area contributed by atoms with Gasteiger partial charge in [-0.25, -0.2) is 4.79 Å². The number of carbonyl (C=O) groups excluding carboxylic acids is 1. The van der Waals surface area contributed by atoms with Crippen LogP contribution in [-0.4, -0.2) is 32.1 Å². The molecule has 0 aromatic heterocycles. The van der Waals surface area contributed by atoms with Crippen LogP contribution in [-0.2, 0) is 19.0 Å². The average Bonchev–Trinajstić information content (AvgIpc) is 2.08. The van der Waals surface area contributed by atoms with Crippen molar-refractivity contribution in [1.82, 2.24) is 0 Å². The minimum Gasteiger partial charge on any atom is -0.430 e. The largest absolute Gasteiger partial charge is 0.430 e. The van der Waals surface area contributed by atoms with Crippen molar-refractivity contribution in [3.8, 4) is 0 Å². The van der Waals surface area contributed by atoms with E-state index in [2.05, 4.69) is 6.58 Å². The first kappa shape index (κ1) is 11.2. The van der Waals surface area contributed by atoms with E-state index in [1.54, 1.807) is 6.92 Å². The highest BCUT2D eigenvalue weighted by molar-refractivity contribution is 5.87. The smallest absolute Gasteiger partial charge is 0.335 e. The Labute approximate surface area is 83.8 Å². The Morgan fingerprint density at radius 1 is 1.43 bits per heavy atom. The van der Waals surface area contributed by atoms with Crippen molar-refractivity contribution < 1.29 is 19.0 Å². The first-order valence-electron chi connectivity index (χ1n) is 4.76. The number of ether oxygens (including phenoxy) is 3. The van der Waals surface area contributed by atoms with Gasteiger partial charge in [-0.1, -0.05) is 6.58 Å². The molecule has 0 aliphatic carbocycles. The normalized spacial score (nSPS) is 23.4. The highest BCUT2D eigenvalue weighted by Crippen LogP contribution is 2.06. The van der Waals surface area contributed by atoms with Gasteiger partial charge < -0.3 is 14.2 Å². The van der Waals surface area contributed by atoms with Gasteiger partial charge in [-0.3, -0.25) is 0 Å². The zero-order chi connectivity index (χ0) is 10.4. The van der Waals surface area contributed by atoms with Crippen molar-refractivity contribution in [2.75, 3.05) is 19.8 Å². The summed E-state index contributed by atoms with van der Waals surface area (Å²) in [5, 5.41) is 0. The van der Waals surface area contributed by atoms with Gasteiger partial charge in [-0.05, 0) is 19.8 Å². The van der Waals surface area contributed by atoms with E-state index in [4.69, 9.17) is 14.2 Å². The Bertz CT molecular complexity index is 204. The van der Waals surface area contributed by atoms with Crippen molar-refractivity contribution in [2.45, 2.75) is 26.1 Å². The van der Waals surface area contributed by atoms with Gasteiger partial charge >= 0.3 is 5.97 Å². The van der Waals surface area contributed by atoms with Gasteiger partial charge in [0, 0.05) is 12.2 Å². The molecule has 0 amide bonds. The maximum absolute atomic E-state index is 11.2. The molecule has 80 valence electrons. The zero-order valence-electron chi connectivity index (χ0n) is 8.45. The van der Waals surface area contributed by atoms with E-state index in [1.165, 1.54) is 0 Å². The van der Waals surface area contributed by atoms with Crippen molar-refractivity contribution in [2.24, 2.45) is 0 Å². The van der Waals surface area contributed by atoms with E-state index in [9.17, 15) is 4.79 Å². The lowest BCUT2D eigenvalue weighted by molar-refractivity contribution is -0.191. The third-order valence-electron chi connectivity index (χ3n) is 1.83. The second-order valence-electron chi connectivity index (χ2n) is 3.27. The van der Waals surface area contributed by atoms with Gasteiger partial charge in [0.15, 0.2) is 0 Å². The first-order chi connectivity index (χ1) is 6.70. The summed E-state index contributed by atoms with van der Waals surface area (Å²) >= 11 is 0. The lowest BCUT2D eigenvalue weighted by atomic mass is 10.3. The molecule has 1 unspecified atom stereocenters. The third kappa shape index (κ3) is 3.89. The molecule has 1 heterocycles. The predicted octanol–water partition coefficient (Wildman–Crippen LogP) is 1.26. The van der Waals surface area contributed by atoms with Gasteiger partial charge in [0.2, 0.25) is 6.29 Å². The quantitative estimate of drug-likeness (QED) is 0.497. The van der Waals surface area contributed by atoms with E-state index < -0.39 is 12.3 Å². The van der Waals surface area contributed by atoms with Gasteiger partial charge in [0.05, 0.1) is 6.61 Å². The highest BCUT2D eigenvalue weighted by Gasteiger charge is 2.16. The van der Waals surface area contributed by atoms with Crippen LogP contribution in [0, 0.1) is 0 Å². The molecule has 1 atom stereocenters. The predicted molar refractivity (Wildman–Crippen MR) is 50.7 cm³/mol. The summed E-state index contributed by atoms with van der Waals surface area (Å²) < 4.78 is 15.5. The minimum atomic E-state index is -0.584. The minimum absolute atomic E-state index is 0.305. The molecule has 14 heavy (non-hydrogen) atoms. The lowest BCUT2D eigenvalue weighted by Gasteiger charge is -2.20. The van der Waals surface area contributed by atoms with E-state index in [0.717, 1.165) is 12.8 Å². The zero-order valence-corrected chi connectivity index (χ0v) is 8.45. The molecule has 1 saturated heterocycles. The molecule has 4 heteroatoms. The number of carbonyl (C=O) groups is 1. The van der Waals surface area contributed by atoms with Crippen LogP contribution in [0.4, 0.5) is 0 Å². The average molecular weight is 200 g/mol. The Kier molecular flexibility index (Phi) is 4.62. The summed E-state index contributed by atoms with van der Waals surface area (Å²) in [5.41, 5.74) is 0.371. The molecule has 1 fully saturated rings. The summed E-state index contributed by atoms with van der Waals surface area (Å²) in [7, 11) is 0. The van der Waals surface area contributed by atoms with Crippen LogP contribution in [0.15, 0.2) is 12.2 Å². The highest BCUT2D eigenvalue weighted by atomic mass is 16.7. The monoisotopic (exact) mass is 200 g/mol. The molecule has 1 rings (SSSR count). The number of hydrogen-bond donors (Lipinski definition) is 0. The van der Waals surface area contributed by atoms with Crippen LogP contribution in [0.1, 0.15) is 19.8 Å². The van der Waals surface area contributed by atoms with Crippen LogP contribution < -0.4 is 0 Å². The molecular formula is C10H16O4. The van der Waals surface area contributed by atoms with Crippen LogP contribution in [0.5, 0.6) is 0 Å². The molecule has 1 aliphatic heterocycles. The topological polar surface area (TPSA) is 44.8 Å². The molecule has 0 spiro atoms. The van der Waals surface area contributed by atoms with Crippen molar-refractivity contribution in [1.29, 1.82) is 0 Å². The molecule has 0 aromatic carbocycles. The standard InChI is InChI=1S/C10H16O4/c1-8(2)10(11)14-9-7-12-5-3-4-6-13-9/h9H,1,3-7H2,2H3. The van der Waals surface area contributed by atoms with E-state index >= 15 is 0 Å². The van der Waals surface area contributed by atoms with Crippen LogP contribution in [0.3, 0.4) is 0 Å². The third-order valence-corrected chi connectivity index (χ3v) is 1.83. The molecule has 0 aromatic rings. The maximum Gasteiger partial charge on any atom is 0.335 e. The number of rotatable bonds is 2. The molecule has 0 bridgehead atoms. The summed E-state index contributed by atoms with van der Waals surface area (Å²) in [5.74, 6) is -0.431. The van der Waals surface area contributed by atoms with Crippen molar-refractivity contribution in [3.05, 3.63) is 12.2 Å². The van der Waals surface area contributed by atoms with Crippen LogP contribution in [0.2, 0.25) is 0 Å². The number of esters is 1. The summed E-state index contributed by atoms with van der Waals surface area (Å²) in [6.07, 6.45) is 1.34. The van der Waals surface area contributed by atoms with E-state index in [0.29, 0.717) is 25.4 Å². The maximum atomic E-state index is 11.2. The molecule has 4 nitrogen and oxygen atoms in total. The molecular weight excluding hydrogens is 184 g/mol. The summed E-state index contributed by atoms with van der Waals surface area (Å²) in [4.78, 5) is 11.2. The summed E-state index contributed by atoms with van der Waals surface area (Å²) in [6.45, 7) is 6.71. The van der Waals surface area contributed by atoms with Crippen molar-refractivity contribution in [3.63, 3.8) is 0 Å². The molecule has 1 aliphatic rings. The van der Waals surface area contributed by atoms with Crippen molar-refractivity contribution >= 4 is 5.97 Å². The van der Waals surface area contributed by atoms with E-state index in [-0.39, 0.29) is 0 Å². The Hall–Kier alpha value is -0.870. The number of hydrogen-bond acceptors (Lipinski definition) is 4. The van der Waals surface area contributed by atoms with Gasteiger partial charge in [0.25, 0.3) is 0 Å². The fraction of sp³-hybridized carbons (Fsp3) is 0.700. The van der Waals surface area contributed by atoms with Gasteiger partial charge in [0.1, 0.15) is 6.61 Å². The van der Waals surface area contributed by atoms with E-state index in [1.807, 2.05) is 0 Å². The Morgan fingerprint density at radius 2 is 2.14 bits per heavy atom. The fourth-order valence-corrected chi connectivity index (χ4v) is 1.04. The van der Waals surface area contributed by atoms with Crippen LogP contribution >= 0.6 is 0 Å². The first-order valence-corrected chi connectivity index (χ1v) is 4.76. The SMILES string of the molecule is C=C(C)C(=O)OC1COCCCCO1. The molecule has 0 saturated carbocycles. The lowest BCUT2D eigenvalue weighted by Crippen LogP contribution is -2.29. The Balaban J connectivity index is 2.33. The second-order valence-corrected chi connectivity index (χ2v) is 3.27. The van der Waals surface area contributed by atoms with Gasteiger partial charge in [-0.15, -0.1) is 0 Å². The van der Waals surface area contributed by atoms with Gasteiger partial charge in [-0.2, -0.15) is 0 Å².